The Hall–Kier alpha value is -2.72. The van der Waals surface area contributed by atoms with Crippen LogP contribution in [0.15, 0.2) is 48.5 Å². The number of halogens is 1. The number of rotatable bonds is 2. The van der Waals surface area contributed by atoms with E-state index >= 15 is 0 Å². The van der Waals surface area contributed by atoms with Crippen LogP contribution in [0.1, 0.15) is 35.2 Å². The van der Waals surface area contributed by atoms with Crippen molar-refractivity contribution in [2.24, 2.45) is 0 Å². The summed E-state index contributed by atoms with van der Waals surface area (Å²) < 4.78 is 0. The zero-order valence-electron chi connectivity index (χ0n) is 14.8. The molecule has 0 saturated carbocycles. The van der Waals surface area contributed by atoms with Crippen molar-refractivity contribution in [3.05, 3.63) is 64.7 Å². The van der Waals surface area contributed by atoms with Crippen molar-refractivity contribution in [3.8, 4) is 22.5 Å². The first kappa shape index (κ1) is 16.5. The molecular weight excluding hydrogens is 358 g/mol. The van der Waals surface area contributed by atoms with E-state index in [1.165, 1.54) is 6.42 Å². The fraction of sp³-hybridized carbons (Fsp3) is 0.227. The van der Waals surface area contributed by atoms with E-state index < -0.39 is 0 Å². The van der Waals surface area contributed by atoms with E-state index in [0.717, 1.165) is 42.8 Å². The van der Waals surface area contributed by atoms with Crippen LogP contribution in [0.4, 0.5) is 5.95 Å². The SMILES string of the molecule is O=C1c2ccccc2-c2nc(N3CCCCC3)nc(-c3ccc(Cl)cc3)c21. The van der Waals surface area contributed by atoms with Crippen molar-refractivity contribution >= 4 is 23.3 Å². The first-order valence-corrected chi connectivity index (χ1v) is 9.67. The summed E-state index contributed by atoms with van der Waals surface area (Å²) in [5, 5.41) is 0.662. The van der Waals surface area contributed by atoms with Gasteiger partial charge in [-0.3, -0.25) is 4.79 Å². The lowest BCUT2D eigenvalue weighted by atomic mass is 10.0. The van der Waals surface area contributed by atoms with E-state index in [1.54, 1.807) is 0 Å². The third-order valence-electron chi connectivity index (χ3n) is 5.31. The number of nitrogens with zero attached hydrogens (tertiary/aromatic N) is 3. The van der Waals surface area contributed by atoms with Gasteiger partial charge in [-0.15, -0.1) is 0 Å². The van der Waals surface area contributed by atoms with Gasteiger partial charge in [-0.2, -0.15) is 0 Å². The monoisotopic (exact) mass is 375 g/mol. The van der Waals surface area contributed by atoms with Gasteiger partial charge >= 0.3 is 0 Å². The predicted molar refractivity (Wildman–Crippen MR) is 107 cm³/mol. The quantitative estimate of drug-likeness (QED) is 0.494. The maximum atomic E-state index is 13.1. The third-order valence-corrected chi connectivity index (χ3v) is 5.56. The molecule has 2 heterocycles. The first-order chi connectivity index (χ1) is 13.2. The summed E-state index contributed by atoms with van der Waals surface area (Å²) in [7, 11) is 0. The zero-order chi connectivity index (χ0) is 18.4. The lowest BCUT2D eigenvalue weighted by Gasteiger charge is -2.27. The molecule has 27 heavy (non-hydrogen) atoms. The van der Waals surface area contributed by atoms with Gasteiger partial charge in [0.25, 0.3) is 0 Å². The number of carbonyl (C=O) groups is 1. The smallest absolute Gasteiger partial charge is 0.226 e. The molecule has 0 unspecified atom stereocenters. The van der Waals surface area contributed by atoms with Crippen LogP contribution >= 0.6 is 11.6 Å². The number of anilines is 1. The van der Waals surface area contributed by atoms with Crippen LogP contribution in [0, 0.1) is 0 Å². The maximum absolute atomic E-state index is 13.1. The molecule has 2 aromatic carbocycles. The van der Waals surface area contributed by atoms with Gasteiger partial charge in [0.15, 0.2) is 5.78 Å². The number of piperidine rings is 1. The molecule has 134 valence electrons. The molecule has 5 rings (SSSR count). The van der Waals surface area contributed by atoms with Crippen LogP contribution < -0.4 is 4.90 Å². The fourth-order valence-electron chi connectivity index (χ4n) is 3.93. The van der Waals surface area contributed by atoms with Crippen LogP contribution in [0.3, 0.4) is 0 Å². The molecule has 0 amide bonds. The van der Waals surface area contributed by atoms with Crippen molar-refractivity contribution in [1.29, 1.82) is 0 Å². The van der Waals surface area contributed by atoms with Crippen molar-refractivity contribution in [1.82, 2.24) is 9.97 Å². The second kappa shape index (κ2) is 6.46. The molecule has 0 N–H and O–H groups in total. The van der Waals surface area contributed by atoms with Gasteiger partial charge in [0.2, 0.25) is 5.95 Å². The summed E-state index contributed by atoms with van der Waals surface area (Å²) in [5.41, 5.74) is 4.52. The highest BCUT2D eigenvalue weighted by Gasteiger charge is 2.33. The summed E-state index contributed by atoms with van der Waals surface area (Å²) in [5.74, 6) is 0.707. The molecule has 3 aromatic rings. The maximum Gasteiger partial charge on any atom is 0.226 e. The predicted octanol–water partition coefficient (Wildman–Crippen LogP) is 5.00. The molecule has 1 aliphatic carbocycles. The molecule has 4 nitrogen and oxygen atoms in total. The number of ketones is 1. The molecule has 1 aliphatic heterocycles. The molecule has 0 spiro atoms. The molecule has 1 saturated heterocycles. The summed E-state index contributed by atoms with van der Waals surface area (Å²) >= 11 is 6.06. The number of carbonyl (C=O) groups excluding carboxylic acids is 1. The van der Waals surface area contributed by atoms with Gasteiger partial charge in [0.1, 0.15) is 0 Å². The lowest BCUT2D eigenvalue weighted by molar-refractivity contribution is 0.104. The van der Waals surface area contributed by atoms with Crippen molar-refractivity contribution in [2.45, 2.75) is 19.3 Å². The minimum Gasteiger partial charge on any atom is -0.341 e. The second-order valence-electron chi connectivity index (χ2n) is 7.03. The average molecular weight is 376 g/mol. The molecule has 1 aromatic heterocycles. The Balaban J connectivity index is 1.75. The Bertz CT molecular complexity index is 1040. The Morgan fingerprint density at radius 2 is 1.48 bits per heavy atom. The van der Waals surface area contributed by atoms with Gasteiger partial charge in [-0.05, 0) is 31.4 Å². The Kier molecular flexibility index (Phi) is 3.94. The number of aromatic nitrogens is 2. The van der Waals surface area contributed by atoms with Crippen LogP contribution in [-0.4, -0.2) is 28.8 Å². The molecule has 2 aliphatic rings. The van der Waals surface area contributed by atoms with E-state index in [2.05, 4.69) is 4.90 Å². The van der Waals surface area contributed by atoms with Gasteiger partial charge < -0.3 is 4.90 Å². The Morgan fingerprint density at radius 1 is 0.815 bits per heavy atom. The van der Waals surface area contributed by atoms with Crippen LogP contribution in [0.5, 0.6) is 0 Å². The van der Waals surface area contributed by atoms with Crippen LogP contribution in [0.2, 0.25) is 5.02 Å². The van der Waals surface area contributed by atoms with Gasteiger partial charge in [0, 0.05) is 34.8 Å². The lowest BCUT2D eigenvalue weighted by Crippen LogP contribution is -2.31. The summed E-state index contributed by atoms with van der Waals surface area (Å²) in [4.78, 5) is 25.0. The average Bonchev–Trinajstić information content (AvgIpc) is 3.01. The van der Waals surface area contributed by atoms with Crippen molar-refractivity contribution in [2.75, 3.05) is 18.0 Å². The first-order valence-electron chi connectivity index (χ1n) is 9.29. The summed E-state index contributed by atoms with van der Waals surface area (Å²) in [6.45, 7) is 1.91. The molecule has 1 fully saturated rings. The van der Waals surface area contributed by atoms with E-state index in [1.807, 2.05) is 48.5 Å². The van der Waals surface area contributed by atoms with Crippen molar-refractivity contribution in [3.63, 3.8) is 0 Å². The normalized spacial score (nSPS) is 15.6. The molecule has 0 radical (unpaired) electrons. The van der Waals surface area contributed by atoms with Crippen LogP contribution in [0.25, 0.3) is 22.5 Å². The highest BCUT2D eigenvalue weighted by molar-refractivity contribution is 6.30. The largest absolute Gasteiger partial charge is 0.341 e. The number of hydrogen-bond acceptors (Lipinski definition) is 4. The number of benzene rings is 2. The minimum atomic E-state index is -0.00394. The van der Waals surface area contributed by atoms with Gasteiger partial charge in [0.05, 0.1) is 17.0 Å². The van der Waals surface area contributed by atoms with Crippen LogP contribution in [-0.2, 0) is 0 Å². The highest BCUT2D eigenvalue weighted by Crippen LogP contribution is 2.41. The topological polar surface area (TPSA) is 46.1 Å². The standard InChI is InChI=1S/C22H18ClN3O/c23-15-10-8-14(9-11-15)19-18-20(16-6-2-3-7-17(16)21(18)27)25-22(24-19)26-12-4-1-5-13-26/h2-3,6-11H,1,4-5,12-13H2. The minimum absolute atomic E-state index is 0.00394. The third kappa shape index (κ3) is 2.72. The van der Waals surface area contributed by atoms with E-state index in [0.29, 0.717) is 27.8 Å². The number of hydrogen-bond donors (Lipinski definition) is 0. The molecule has 0 atom stereocenters. The molecular formula is C22H18ClN3O. The number of fused-ring (bicyclic) bond motifs is 3. The highest BCUT2D eigenvalue weighted by atomic mass is 35.5. The Labute approximate surface area is 162 Å². The molecule has 5 heteroatoms. The fourth-order valence-corrected chi connectivity index (χ4v) is 4.06. The zero-order valence-corrected chi connectivity index (χ0v) is 15.5. The summed E-state index contributed by atoms with van der Waals surface area (Å²) in [6.07, 6.45) is 3.53. The van der Waals surface area contributed by atoms with E-state index in [9.17, 15) is 4.79 Å². The second-order valence-corrected chi connectivity index (χ2v) is 7.46. The van der Waals surface area contributed by atoms with Crippen molar-refractivity contribution < 1.29 is 4.79 Å². The summed E-state index contributed by atoms with van der Waals surface area (Å²) in [6, 6.07) is 15.2. The van der Waals surface area contributed by atoms with Gasteiger partial charge in [-0.25, -0.2) is 9.97 Å². The van der Waals surface area contributed by atoms with E-state index in [4.69, 9.17) is 21.6 Å². The Morgan fingerprint density at radius 3 is 2.22 bits per heavy atom. The van der Waals surface area contributed by atoms with E-state index in [-0.39, 0.29) is 5.78 Å². The van der Waals surface area contributed by atoms with Gasteiger partial charge in [-0.1, -0.05) is 48.0 Å². The molecule has 0 bridgehead atoms.